The van der Waals surface area contributed by atoms with E-state index < -0.39 is 36.2 Å². The molecule has 2 N–H and O–H groups in total. The second-order valence-electron chi connectivity index (χ2n) is 4.15. The number of halogens is 2. The summed E-state index contributed by atoms with van der Waals surface area (Å²) in [5.74, 6) is -3.47. The molecule has 1 aromatic carbocycles. The van der Waals surface area contributed by atoms with Crippen molar-refractivity contribution < 1.29 is 23.5 Å². The number of hydrogen-bond donors (Lipinski definition) is 2. The molecule has 0 heterocycles. The number of carbonyl (C=O) groups excluding carboxylic acids is 1. The Morgan fingerprint density at radius 3 is 2.53 bits per heavy atom. The zero-order valence-corrected chi connectivity index (χ0v) is 10.5. The smallest absolute Gasteiger partial charge is 0.323 e. The van der Waals surface area contributed by atoms with E-state index in [1.165, 1.54) is 12.1 Å². The van der Waals surface area contributed by atoms with Gasteiger partial charge in [-0.3, -0.25) is 4.79 Å². The topological polar surface area (TPSA) is 69.6 Å². The van der Waals surface area contributed by atoms with Gasteiger partial charge < -0.3 is 15.3 Å². The largest absolute Gasteiger partial charge is 0.480 e. The number of carbonyl (C=O) groups is 2. The Labute approximate surface area is 108 Å². The van der Waals surface area contributed by atoms with E-state index in [0.29, 0.717) is 0 Å². The van der Waals surface area contributed by atoms with E-state index >= 15 is 0 Å². The monoisotopic (exact) mass is 272 g/mol. The van der Waals surface area contributed by atoms with Crippen LogP contribution in [-0.2, 0) is 4.79 Å². The van der Waals surface area contributed by atoms with E-state index in [1.807, 2.05) is 0 Å². The van der Waals surface area contributed by atoms with E-state index in [4.69, 9.17) is 5.11 Å². The molecule has 0 saturated heterocycles. The number of benzene rings is 1. The van der Waals surface area contributed by atoms with E-state index in [9.17, 15) is 18.4 Å². The lowest BCUT2D eigenvalue weighted by atomic mass is 10.3. The van der Waals surface area contributed by atoms with Crippen LogP contribution in [0.1, 0.15) is 13.8 Å². The van der Waals surface area contributed by atoms with Crippen molar-refractivity contribution in [2.24, 2.45) is 0 Å². The van der Waals surface area contributed by atoms with Crippen molar-refractivity contribution >= 4 is 17.7 Å². The van der Waals surface area contributed by atoms with Gasteiger partial charge in [0.05, 0.1) is 5.69 Å². The second-order valence-corrected chi connectivity index (χ2v) is 4.15. The fourth-order valence-corrected chi connectivity index (χ4v) is 1.42. The van der Waals surface area contributed by atoms with Gasteiger partial charge >= 0.3 is 12.0 Å². The van der Waals surface area contributed by atoms with Crippen molar-refractivity contribution in [3.8, 4) is 0 Å². The van der Waals surface area contributed by atoms with Crippen LogP contribution in [0, 0.1) is 11.6 Å². The molecule has 0 saturated carbocycles. The molecule has 5 nitrogen and oxygen atoms in total. The molecular formula is C12H14F2N2O3. The predicted molar refractivity (Wildman–Crippen MR) is 64.9 cm³/mol. The highest BCUT2D eigenvalue weighted by Crippen LogP contribution is 2.17. The Kier molecular flexibility index (Phi) is 4.80. The number of rotatable bonds is 4. The molecule has 0 bridgehead atoms. The molecular weight excluding hydrogens is 258 g/mol. The van der Waals surface area contributed by atoms with Crippen LogP contribution in [0.25, 0.3) is 0 Å². The van der Waals surface area contributed by atoms with Crippen LogP contribution in [0.2, 0.25) is 0 Å². The number of hydrogen-bond acceptors (Lipinski definition) is 2. The highest BCUT2D eigenvalue weighted by atomic mass is 19.2. The highest BCUT2D eigenvalue weighted by Gasteiger charge is 2.21. The maximum absolute atomic E-state index is 13.4. The molecule has 0 fully saturated rings. The number of urea groups is 1. The van der Waals surface area contributed by atoms with Gasteiger partial charge in [0.2, 0.25) is 0 Å². The zero-order valence-electron chi connectivity index (χ0n) is 10.5. The van der Waals surface area contributed by atoms with Crippen molar-refractivity contribution in [1.29, 1.82) is 0 Å². The van der Waals surface area contributed by atoms with Crippen molar-refractivity contribution in [2.75, 3.05) is 11.9 Å². The minimum atomic E-state index is -1.19. The normalized spacial score (nSPS) is 10.4. The highest BCUT2D eigenvalue weighted by molar-refractivity contribution is 5.91. The van der Waals surface area contributed by atoms with E-state index in [2.05, 4.69) is 5.32 Å². The number of nitrogens with one attached hydrogen (secondary N) is 1. The van der Waals surface area contributed by atoms with Crippen LogP contribution in [0.5, 0.6) is 0 Å². The van der Waals surface area contributed by atoms with Gasteiger partial charge in [-0.25, -0.2) is 13.6 Å². The van der Waals surface area contributed by atoms with Gasteiger partial charge in [-0.2, -0.15) is 0 Å². The third-order valence-corrected chi connectivity index (χ3v) is 2.38. The van der Waals surface area contributed by atoms with Gasteiger partial charge in [0, 0.05) is 6.04 Å². The second kappa shape index (κ2) is 6.12. The van der Waals surface area contributed by atoms with Gasteiger partial charge in [-0.1, -0.05) is 6.07 Å². The number of nitrogens with zero attached hydrogens (tertiary/aromatic N) is 1. The number of aliphatic carboxylic acids is 1. The maximum Gasteiger partial charge on any atom is 0.323 e. The summed E-state index contributed by atoms with van der Waals surface area (Å²) >= 11 is 0. The maximum atomic E-state index is 13.4. The van der Waals surface area contributed by atoms with Gasteiger partial charge in [0.15, 0.2) is 11.6 Å². The number of amides is 2. The van der Waals surface area contributed by atoms with Crippen LogP contribution in [-0.4, -0.2) is 34.6 Å². The first-order valence-corrected chi connectivity index (χ1v) is 5.56. The predicted octanol–water partition coefficient (Wildman–Crippen LogP) is 2.29. The third kappa shape index (κ3) is 3.90. The van der Waals surface area contributed by atoms with Crippen LogP contribution in [0.15, 0.2) is 18.2 Å². The standard InChI is InChI=1S/C12H14F2N2O3/c1-7(2)16(6-10(17)18)12(19)15-9-5-3-4-8(13)11(9)14/h3-5,7H,6H2,1-2H3,(H,15,19)(H,17,18). The fraction of sp³-hybridized carbons (Fsp3) is 0.333. The molecule has 0 aromatic heterocycles. The molecule has 0 unspecified atom stereocenters. The third-order valence-electron chi connectivity index (χ3n) is 2.38. The average Bonchev–Trinajstić information content (AvgIpc) is 2.31. The lowest BCUT2D eigenvalue weighted by Crippen LogP contribution is -2.43. The van der Waals surface area contributed by atoms with Crippen LogP contribution < -0.4 is 5.32 Å². The molecule has 104 valence electrons. The molecule has 0 spiro atoms. The van der Waals surface area contributed by atoms with Crippen LogP contribution in [0.3, 0.4) is 0 Å². The molecule has 1 aromatic rings. The fourth-order valence-electron chi connectivity index (χ4n) is 1.42. The molecule has 2 amide bonds. The number of carboxylic acids is 1. The molecule has 19 heavy (non-hydrogen) atoms. The first kappa shape index (κ1) is 14.9. The molecule has 0 radical (unpaired) electrons. The Morgan fingerprint density at radius 2 is 2.00 bits per heavy atom. The van der Waals surface area contributed by atoms with Crippen LogP contribution in [0.4, 0.5) is 19.3 Å². The van der Waals surface area contributed by atoms with Gasteiger partial charge in [-0.15, -0.1) is 0 Å². The van der Waals surface area contributed by atoms with Gasteiger partial charge in [0.25, 0.3) is 0 Å². The van der Waals surface area contributed by atoms with E-state index in [1.54, 1.807) is 13.8 Å². The number of carboxylic acid groups (broad SMARTS) is 1. The molecule has 0 atom stereocenters. The SMILES string of the molecule is CC(C)N(CC(=O)O)C(=O)Nc1cccc(F)c1F. The van der Waals surface area contributed by atoms with Crippen molar-refractivity contribution in [2.45, 2.75) is 19.9 Å². The first-order valence-electron chi connectivity index (χ1n) is 5.56. The summed E-state index contributed by atoms with van der Waals surface area (Å²) < 4.78 is 26.3. The summed E-state index contributed by atoms with van der Waals surface area (Å²) in [4.78, 5) is 23.4. The lowest BCUT2D eigenvalue weighted by Gasteiger charge is -2.25. The van der Waals surface area contributed by atoms with Crippen molar-refractivity contribution in [3.63, 3.8) is 0 Å². The molecule has 0 aliphatic heterocycles. The summed E-state index contributed by atoms with van der Waals surface area (Å²) in [6, 6.07) is 2.15. The Morgan fingerprint density at radius 1 is 1.37 bits per heavy atom. The van der Waals surface area contributed by atoms with Crippen LogP contribution >= 0.6 is 0 Å². The minimum Gasteiger partial charge on any atom is -0.480 e. The Bertz CT molecular complexity index is 492. The Balaban J connectivity index is 2.87. The van der Waals surface area contributed by atoms with E-state index in [-0.39, 0.29) is 5.69 Å². The summed E-state index contributed by atoms with van der Waals surface area (Å²) in [7, 11) is 0. The summed E-state index contributed by atoms with van der Waals surface area (Å²) in [6.45, 7) is 2.70. The van der Waals surface area contributed by atoms with Crippen molar-refractivity contribution in [3.05, 3.63) is 29.8 Å². The quantitative estimate of drug-likeness (QED) is 0.883. The molecule has 1 rings (SSSR count). The minimum absolute atomic E-state index is 0.332. The van der Waals surface area contributed by atoms with Crippen molar-refractivity contribution in [1.82, 2.24) is 4.90 Å². The van der Waals surface area contributed by atoms with Gasteiger partial charge in [0.1, 0.15) is 6.54 Å². The summed E-state index contributed by atoms with van der Waals surface area (Å²) in [6.07, 6.45) is 0. The molecule has 7 heteroatoms. The zero-order chi connectivity index (χ0) is 14.6. The first-order chi connectivity index (χ1) is 8.82. The lowest BCUT2D eigenvalue weighted by molar-refractivity contribution is -0.137. The summed E-state index contributed by atoms with van der Waals surface area (Å²) in [5, 5.41) is 10.8. The average molecular weight is 272 g/mol. The molecule has 0 aliphatic rings. The number of anilines is 1. The van der Waals surface area contributed by atoms with Gasteiger partial charge in [-0.05, 0) is 26.0 Å². The van der Waals surface area contributed by atoms with E-state index in [0.717, 1.165) is 11.0 Å². The molecule has 0 aliphatic carbocycles. The Hall–Kier alpha value is -2.18. The summed E-state index contributed by atoms with van der Waals surface area (Å²) in [5.41, 5.74) is -0.332.